The molecule has 0 saturated carbocycles. The summed E-state index contributed by atoms with van der Waals surface area (Å²) in [4.78, 5) is 12.0. The molecule has 0 aliphatic carbocycles. The lowest BCUT2D eigenvalue weighted by atomic mass is 9.95. The summed E-state index contributed by atoms with van der Waals surface area (Å²) >= 11 is 0. The number of hydrogen-bond donors (Lipinski definition) is 2. The highest BCUT2D eigenvalue weighted by molar-refractivity contribution is 5.87. The van der Waals surface area contributed by atoms with Gasteiger partial charge in [-0.1, -0.05) is 60.7 Å². The number of aliphatic hydroxyl groups is 1. The Morgan fingerprint density at radius 1 is 1.10 bits per heavy atom. The average Bonchev–Trinajstić information content (AvgIpc) is 2.49. The molecule has 0 saturated heterocycles. The molecular formula is C16H16N2O2. The van der Waals surface area contributed by atoms with Crippen LogP contribution in [0.25, 0.3) is 0 Å². The zero-order valence-corrected chi connectivity index (χ0v) is 11.2. The molecular weight excluding hydrogens is 252 g/mol. The van der Waals surface area contributed by atoms with Gasteiger partial charge in [-0.2, -0.15) is 5.10 Å². The lowest BCUT2D eigenvalue weighted by molar-refractivity contribution is -0.138. The molecule has 0 fully saturated rings. The van der Waals surface area contributed by atoms with Crippen molar-refractivity contribution in [3.63, 3.8) is 0 Å². The fourth-order valence-electron chi connectivity index (χ4n) is 1.71. The number of hydrazone groups is 1. The third-order valence-corrected chi connectivity index (χ3v) is 2.96. The van der Waals surface area contributed by atoms with Crippen LogP contribution >= 0.6 is 0 Å². The molecule has 0 radical (unpaired) electrons. The van der Waals surface area contributed by atoms with E-state index >= 15 is 0 Å². The summed E-state index contributed by atoms with van der Waals surface area (Å²) in [7, 11) is 0. The van der Waals surface area contributed by atoms with Crippen molar-refractivity contribution in [2.75, 3.05) is 0 Å². The number of carbonyl (C=O) groups excluding carboxylic acids is 1. The van der Waals surface area contributed by atoms with E-state index in [1.54, 1.807) is 24.3 Å². The van der Waals surface area contributed by atoms with Crippen molar-refractivity contribution < 1.29 is 9.90 Å². The van der Waals surface area contributed by atoms with Crippen LogP contribution < -0.4 is 5.43 Å². The number of rotatable bonds is 4. The van der Waals surface area contributed by atoms with E-state index in [9.17, 15) is 9.90 Å². The standard InChI is InChI=1S/C16H16N2O2/c1-16(20,14-10-6-3-7-11-14)15(19)18-17-12-13-8-4-2-5-9-13/h2-12,20H,1H3,(H,18,19)/b17-12+. The molecule has 1 unspecified atom stereocenters. The Hall–Kier alpha value is -2.46. The first-order valence-corrected chi connectivity index (χ1v) is 6.27. The third-order valence-electron chi connectivity index (χ3n) is 2.96. The Kier molecular flexibility index (Phi) is 4.27. The minimum absolute atomic E-state index is 0.521. The van der Waals surface area contributed by atoms with E-state index in [0.717, 1.165) is 5.56 Å². The van der Waals surface area contributed by atoms with Crippen molar-refractivity contribution in [1.82, 2.24) is 5.43 Å². The minimum atomic E-state index is -1.62. The molecule has 2 rings (SSSR count). The van der Waals surface area contributed by atoms with E-state index in [1.165, 1.54) is 13.1 Å². The van der Waals surface area contributed by atoms with E-state index in [2.05, 4.69) is 10.5 Å². The topological polar surface area (TPSA) is 61.7 Å². The highest BCUT2D eigenvalue weighted by atomic mass is 16.3. The molecule has 0 heterocycles. The number of benzene rings is 2. The monoisotopic (exact) mass is 268 g/mol. The lowest BCUT2D eigenvalue weighted by Crippen LogP contribution is -2.40. The first-order chi connectivity index (χ1) is 9.60. The van der Waals surface area contributed by atoms with Crippen molar-refractivity contribution in [3.05, 3.63) is 71.8 Å². The first-order valence-electron chi connectivity index (χ1n) is 6.27. The van der Waals surface area contributed by atoms with Gasteiger partial charge in [0.15, 0.2) is 5.60 Å². The van der Waals surface area contributed by atoms with Crippen LogP contribution in [-0.4, -0.2) is 17.2 Å². The fraction of sp³-hybridized carbons (Fsp3) is 0.125. The maximum atomic E-state index is 12.0. The molecule has 2 N–H and O–H groups in total. The third kappa shape index (κ3) is 3.30. The molecule has 0 aromatic heterocycles. The van der Waals surface area contributed by atoms with Crippen LogP contribution in [0.2, 0.25) is 0 Å². The molecule has 0 aliphatic heterocycles. The summed E-state index contributed by atoms with van der Waals surface area (Å²) in [6.45, 7) is 1.44. The van der Waals surface area contributed by atoms with Crippen LogP contribution in [0.5, 0.6) is 0 Å². The molecule has 0 bridgehead atoms. The van der Waals surface area contributed by atoms with Gasteiger partial charge >= 0.3 is 0 Å². The highest BCUT2D eigenvalue weighted by Crippen LogP contribution is 2.20. The SMILES string of the molecule is CC(O)(C(=O)N/N=C/c1ccccc1)c1ccccc1. The number of hydrogen-bond acceptors (Lipinski definition) is 3. The van der Waals surface area contributed by atoms with Crippen molar-refractivity contribution in [2.24, 2.45) is 5.10 Å². The lowest BCUT2D eigenvalue weighted by Gasteiger charge is -2.21. The van der Waals surface area contributed by atoms with E-state index < -0.39 is 11.5 Å². The number of carbonyl (C=O) groups is 1. The molecule has 20 heavy (non-hydrogen) atoms. The zero-order chi connectivity index (χ0) is 14.4. The Balaban J connectivity index is 2.03. The Labute approximate surface area is 117 Å². The summed E-state index contributed by atoms with van der Waals surface area (Å²) in [5.41, 5.74) is 2.12. The second-order valence-corrected chi connectivity index (χ2v) is 4.55. The predicted molar refractivity (Wildman–Crippen MR) is 78.2 cm³/mol. The van der Waals surface area contributed by atoms with Crippen molar-refractivity contribution in [3.8, 4) is 0 Å². The maximum absolute atomic E-state index is 12.0. The summed E-state index contributed by atoms with van der Waals surface area (Å²) in [6.07, 6.45) is 1.53. The van der Waals surface area contributed by atoms with E-state index in [0.29, 0.717) is 5.56 Å². The van der Waals surface area contributed by atoms with Gasteiger partial charge in [-0.3, -0.25) is 4.79 Å². The molecule has 1 amide bonds. The van der Waals surface area contributed by atoms with Crippen LogP contribution in [-0.2, 0) is 10.4 Å². The van der Waals surface area contributed by atoms with E-state index in [4.69, 9.17) is 0 Å². The molecule has 0 spiro atoms. The van der Waals surface area contributed by atoms with Crippen LogP contribution in [0.4, 0.5) is 0 Å². The Bertz CT molecular complexity index is 592. The number of amides is 1. The van der Waals surface area contributed by atoms with Gasteiger partial charge in [-0.05, 0) is 18.1 Å². The van der Waals surface area contributed by atoms with E-state index in [1.807, 2.05) is 36.4 Å². The molecule has 2 aromatic carbocycles. The normalized spacial score (nSPS) is 13.9. The Morgan fingerprint density at radius 3 is 2.25 bits per heavy atom. The summed E-state index contributed by atoms with van der Waals surface area (Å²) < 4.78 is 0. The van der Waals surface area contributed by atoms with Crippen molar-refractivity contribution in [1.29, 1.82) is 0 Å². The maximum Gasteiger partial charge on any atom is 0.276 e. The van der Waals surface area contributed by atoms with Crippen LogP contribution in [0, 0.1) is 0 Å². The molecule has 1 atom stereocenters. The van der Waals surface area contributed by atoms with Crippen LogP contribution in [0.3, 0.4) is 0 Å². The largest absolute Gasteiger partial charge is 0.375 e. The van der Waals surface area contributed by atoms with Gasteiger partial charge in [-0.25, -0.2) is 5.43 Å². The molecule has 2 aromatic rings. The number of nitrogens with zero attached hydrogens (tertiary/aromatic N) is 1. The van der Waals surface area contributed by atoms with Crippen molar-refractivity contribution in [2.45, 2.75) is 12.5 Å². The first kappa shape index (κ1) is 14.0. The van der Waals surface area contributed by atoms with Gasteiger partial charge < -0.3 is 5.11 Å². The summed E-state index contributed by atoms with van der Waals surface area (Å²) in [6, 6.07) is 18.1. The average molecular weight is 268 g/mol. The van der Waals surface area contributed by atoms with Crippen LogP contribution in [0.15, 0.2) is 65.8 Å². The molecule has 0 aliphatic rings. The van der Waals surface area contributed by atoms with Crippen LogP contribution in [0.1, 0.15) is 18.1 Å². The second-order valence-electron chi connectivity index (χ2n) is 4.55. The van der Waals surface area contributed by atoms with E-state index in [-0.39, 0.29) is 0 Å². The predicted octanol–water partition coefficient (Wildman–Crippen LogP) is 2.04. The van der Waals surface area contributed by atoms with Gasteiger partial charge in [0.25, 0.3) is 5.91 Å². The highest BCUT2D eigenvalue weighted by Gasteiger charge is 2.31. The minimum Gasteiger partial charge on any atom is -0.375 e. The van der Waals surface area contributed by atoms with Gasteiger partial charge in [0.1, 0.15) is 0 Å². The van der Waals surface area contributed by atoms with Gasteiger partial charge in [0, 0.05) is 0 Å². The summed E-state index contributed by atoms with van der Waals surface area (Å²) in [5, 5.41) is 14.1. The quantitative estimate of drug-likeness (QED) is 0.658. The zero-order valence-electron chi connectivity index (χ0n) is 11.2. The molecule has 102 valence electrons. The van der Waals surface area contributed by atoms with Gasteiger partial charge in [0.2, 0.25) is 0 Å². The molecule has 4 nitrogen and oxygen atoms in total. The molecule has 4 heteroatoms. The number of nitrogens with one attached hydrogen (secondary N) is 1. The van der Waals surface area contributed by atoms with Crippen molar-refractivity contribution >= 4 is 12.1 Å². The van der Waals surface area contributed by atoms with Gasteiger partial charge in [-0.15, -0.1) is 0 Å². The van der Waals surface area contributed by atoms with Gasteiger partial charge in [0.05, 0.1) is 6.21 Å². The smallest absolute Gasteiger partial charge is 0.276 e. The Morgan fingerprint density at radius 2 is 1.65 bits per heavy atom. The summed E-state index contributed by atoms with van der Waals surface area (Å²) in [5.74, 6) is -0.573. The second kappa shape index (κ2) is 6.12. The fourth-order valence-corrected chi connectivity index (χ4v) is 1.71.